The van der Waals surface area contributed by atoms with Crippen LogP contribution in [0.1, 0.15) is 464 Å². The van der Waals surface area contributed by atoms with Crippen LogP contribution >= 0.6 is 15.6 Å². The van der Waals surface area contributed by atoms with Crippen molar-refractivity contribution in [2.24, 2.45) is 0 Å². The molecule has 0 spiro atoms. The van der Waals surface area contributed by atoms with E-state index in [1.807, 2.05) is 0 Å². The first kappa shape index (κ1) is 102. The number of phosphoric acid groups is 2. The minimum absolute atomic E-state index is 0.108. The van der Waals surface area contributed by atoms with E-state index >= 15 is 0 Å². The number of ether oxygens (including phenoxy) is 4. The van der Waals surface area contributed by atoms with Crippen molar-refractivity contribution in [3.05, 3.63) is 0 Å². The van der Waals surface area contributed by atoms with Gasteiger partial charge < -0.3 is 33.8 Å². The Morgan fingerprint density at radius 3 is 0.567 bits per heavy atom. The van der Waals surface area contributed by atoms with Gasteiger partial charge in [-0.25, -0.2) is 9.13 Å². The number of phosphoric ester groups is 2. The summed E-state index contributed by atoms with van der Waals surface area (Å²) in [6.07, 6.45) is 73.8. The van der Waals surface area contributed by atoms with Gasteiger partial charge in [0.05, 0.1) is 26.4 Å². The number of carbonyl (C=O) groups excluding carboxylic acids is 4. The second kappa shape index (κ2) is 79.2. The highest BCUT2D eigenvalue weighted by molar-refractivity contribution is 7.47. The number of aliphatic hydroxyl groups excluding tert-OH is 1. The molecule has 0 aliphatic rings. The second-order valence-electron chi connectivity index (χ2n) is 30.6. The molecule has 104 heavy (non-hydrogen) atoms. The largest absolute Gasteiger partial charge is 0.472 e. The zero-order valence-corrected chi connectivity index (χ0v) is 69.8. The fourth-order valence-electron chi connectivity index (χ4n) is 13.3. The van der Waals surface area contributed by atoms with E-state index in [2.05, 4.69) is 27.7 Å². The molecular weight excluding hydrogens is 1350 g/mol. The molecule has 0 aromatic carbocycles. The van der Waals surface area contributed by atoms with Gasteiger partial charge in [0.2, 0.25) is 0 Å². The van der Waals surface area contributed by atoms with Crippen molar-refractivity contribution in [1.82, 2.24) is 0 Å². The van der Waals surface area contributed by atoms with Crippen LogP contribution in [-0.4, -0.2) is 96.7 Å². The van der Waals surface area contributed by atoms with Gasteiger partial charge in [-0.1, -0.05) is 413 Å². The standard InChI is InChI=1S/C85H166O17P2/c1-5-9-13-17-21-25-28-31-33-35-37-39-41-43-45-48-50-54-58-62-66-70-83(88)96-76-81(102-85(90)72-68-64-60-56-52-49-46-44-42-40-38-36-34-32-29-26-22-18-14-10-6-2)78-100-104(93,94)98-74-79(86)73-97-103(91,92)99-77-80(75-95-82(87)69-65-61-57-53-24-20-16-12-8-4)101-84(89)71-67-63-59-55-51-47-30-27-23-19-15-11-7-3/h79-81,86H,5-78H2,1-4H3,(H,91,92)(H,93,94)/t79-,80+,81+/m0/s1. The Morgan fingerprint density at radius 1 is 0.231 bits per heavy atom. The lowest BCUT2D eigenvalue weighted by atomic mass is 10.0. The summed E-state index contributed by atoms with van der Waals surface area (Å²) in [4.78, 5) is 73.1. The van der Waals surface area contributed by atoms with E-state index in [-0.39, 0.29) is 25.7 Å². The molecule has 0 radical (unpaired) electrons. The Morgan fingerprint density at radius 2 is 0.385 bits per heavy atom. The number of hydrogen-bond acceptors (Lipinski definition) is 15. The second-order valence-corrected chi connectivity index (χ2v) is 33.5. The Hall–Kier alpha value is -1.94. The zero-order chi connectivity index (χ0) is 76.0. The van der Waals surface area contributed by atoms with Gasteiger partial charge in [0.15, 0.2) is 12.2 Å². The van der Waals surface area contributed by atoms with Gasteiger partial charge in [-0.3, -0.25) is 37.3 Å². The number of carbonyl (C=O) groups is 4. The molecule has 0 aliphatic heterocycles. The Kier molecular flexibility index (Phi) is 77.7. The van der Waals surface area contributed by atoms with Gasteiger partial charge in [-0.2, -0.15) is 0 Å². The molecule has 0 aliphatic carbocycles. The monoisotopic (exact) mass is 1520 g/mol. The highest BCUT2D eigenvalue weighted by atomic mass is 31.2. The smallest absolute Gasteiger partial charge is 0.462 e. The van der Waals surface area contributed by atoms with Crippen molar-refractivity contribution in [1.29, 1.82) is 0 Å². The third kappa shape index (κ3) is 78.2. The van der Waals surface area contributed by atoms with Crippen LogP contribution in [-0.2, 0) is 65.4 Å². The van der Waals surface area contributed by atoms with Crippen molar-refractivity contribution in [3.8, 4) is 0 Å². The Labute approximate surface area is 638 Å². The zero-order valence-electron chi connectivity index (χ0n) is 68.0. The van der Waals surface area contributed by atoms with E-state index in [0.717, 1.165) is 89.9 Å². The summed E-state index contributed by atoms with van der Waals surface area (Å²) in [6.45, 7) is 5.03. The van der Waals surface area contributed by atoms with Crippen molar-refractivity contribution < 1.29 is 80.2 Å². The topological polar surface area (TPSA) is 237 Å². The number of rotatable bonds is 86. The highest BCUT2D eigenvalue weighted by Gasteiger charge is 2.30. The Bertz CT molecular complexity index is 1960. The average Bonchev–Trinajstić information content (AvgIpc) is 0.908. The summed E-state index contributed by atoms with van der Waals surface area (Å²) < 4.78 is 68.8. The van der Waals surface area contributed by atoms with Crippen molar-refractivity contribution in [2.75, 3.05) is 39.6 Å². The van der Waals surface area contributed by atoms with E-state index in [9.17, 15) is 43.2 Å². The van der Waals surface area contributed by atoms with E-state index < -0.39 is 97.5 Å². The van der Waals surface area contributed by atoms with Gasteiger partial charge in [0.25, 0.3) is 0 Å². The fourth-order valence-corrected chi connectivity index (χ4v) is 14.9. The lowest BCUT2D eigenvalue weighted by molar-refractivity contribution is -0.161. The fraction of sp³-hybridized carbons (Fsp3) is 0.953. The van der Waals surface area contributed by atoms with Gasteiger partial charge in [0, 0.05) is 25.7 Å². The summed E-state index contributed by atoms with van der Waals surface area (Å²) in [7, 11) is -9.92. The van der Waals surface area contributed by atoms with Gasteiger partial charge >= 0.3 is 39.5 Å². The quantitative estimate of drug-likeness (QED) is 0.0222. The first-order valence-electron chi connectivity index (χ1n) is 44.3. The van der Waals surface area contributed by atoms with Crippen LogP contribution in [0.25, 0.3) is 0 Å². The maximum absolute atomic E-state index is 13.1. The number of unbranched alkanes of at least 4 members (excludes halogenated alkanes) is 60. The van der Waals surface area contributed by atoms with Crippen molar-refractivity contribution in [2.45, 2.75) is 483 Å². The van der Waals surface area contributed by atoms with Gasteiger partial charge in [-0.15, -0.1) is 0 Å². The van der Waals surface area contributed by atoms with Gasteiger partial charge in [0.1, 0.15) is 19.3 Å². The normalized spacial score (nSPS) is 13.7. The van der Waals surface area contributed by atoms with Crippen LogP contribution in [0.4, 0.5) is 0 Å². The third-order valence-corrected chi connectivity index (χ3v) is 22.0. The van der Waals surface area contributed by atoms with Crippen molar-refractivity contribution in [3.63, 3.8) is 0 Å². The molecule has 0 aromatic heterocycles. The molecule has 3 N–H and O–H groups in total. The summed E-state index contributed by atoms with van der Waals surface area (Å²) in [5.41, 5.74) is 0. The van der Waals surface area contributed by atoms with E-state index in [4.69, 9.17) is 37.0 Å². The first-order valence-corrected chi connectivity index (χ1v) is 47.3. The summed E-state index contributed by atoms with van der Waals surface area (Å²) >= 11 is 0. The highest BCUT2D eigenvalue weighted by Crippen LogP contribution is 2.45. The molecule has 0 saturated heterocycles. The van der Waals surface area contributed by atoms with Crippen LogP contribution < -0.4 is 0 Å². The molecule has 0 bridgehead atoms. The molecule has 0 rings (SSSR count). The molecular formula is C85H166O17P2. The maximum Gasteiger partial charge on any atom is 0.472 e. The molecule has 0 fully saturated rings. The van der Waals surface area contributed by atoms with Crippen molar-refractivity contribution >= 4 is 39.5 Å². The van der Waals surface area contributed by atoms with Crippen LogP contribution in [0.3, 0.4) is 0 Å². The maximum atomic E-state index is 13.1. The summed E-state index contributed by atoms with van der Waals surface area (Å²) in [6, 6.07) is 0. The van der Waals surface area contributed by atoms with Gasteiger partial charge in [-0.05, 0) is 25.7 Å². The van der Waals surface area contributed by atoms with E-state index in [0.29, 0.717) is 25.7 Å². The SMILES string of the molecule is CCCCCCCCCCCCCCCCCCCCCCCC(=O)OC[C@H](COP(=O)(O)OC[C@@H](O)COP(=O)(O)OC[C@@H](COC(=O)CCCCCCCCCCC)OC(=O)CCCCCCCCCCCCCCC)OC(=O)CCCCCCCCCCCCCCCCCCCCCCC. The molecule has 2 unspecified atom stereocenters. The molecule has 0 amide bonds. The minimum Gasteiger partial charge on any atom is -0.462 e. The number of aliphatic hydroxyl groups is 1. The average molecular weight is 1520 g/mol. The third-order valence-electron chi connectivity index (χ3n) is 20.1. The van der Waals surface area contributed by atoms with Crippen LogP contribution in [0.5, 0.6) is 0 Å². The molecule has 618 valence electrons. The predicted octanol–water partition coefficient (Wildman–Crippen LogP) is 26.1. The molecule has 5 atom stereocenters. The lowest BCUT2D eigenvalue weighted by Gasteiger charge is -2.21. The predicted molar refractivity (Wildman–Crippen MR) is 428 cm³/mol. The lowest BCUT2D eigenvalue weighted by Crippen LogP contribution is -2.30. The molecule has 19 heteroatoms. The number of esters is 4. The molecule has 0 heterocycles. The first-order chi connectivity index (χ1) is 50.7. The minimum atomic E-state index is -4.96. The Balaban J connectivity index is 5.18. The van der Waals surface area contributed by atoms with E-state index in [1.54, 1.807) is 0 Å². The summed E-state index contributed by atoms with van der Waals surface area (Å²) in [5.74, 6) is -2.10. The summed E-state index contributed by atoms with van der Waals surface area (Å²) in [5, 5.41) is 10.7. The molecule has 0 aromatic rings. The van der Waals surface area contributed by atoms with Crippen LogP contribution in [0.2, 0.25) is 0 Å². The molecule has 0 saturated carbocycles. The van der Waals surface area contributed by atoms with Crippen LogP contribution in [0.15, 0.2) is 0 Å². The number of hydrogen-bond donors (Lipinski definition) is 3. The molecule has 17 nitrogen and oxygen atoms in total. The van der Waals surface area contributed by atoms with Crippen LogP contribution in [0, 0.1) is 0 Å². The van der Waals surface area contributed by atoms with E-state index in [1.165, 1.54) is 295 Å².